The number of hydrogen-bond acceptors (Lipinski definition) is 2. The van der Waals surface area contributed by atoms with E-state index >= 15 is 0 Å². The van der Waals surface area contributed by atoms with Gasteiger partial charge in [0.25, 0.3) is 0 Å². The molecule has 1 unspecified atom stereocenters. The molecule has 1 aromatic carbocycles. The number of carbonyl (C=O) groups is 1. The van der Waals surface area contributed by atoms with Crippen molar-refractivity contribution in [1.82, 2.24) is 0 Å². The van der Waals surface area contributed by atoms with Crippen LogP contribution >= 0.6 is 38.5 Å². The third-order valence-electron chi connectivity index (χ3n) is 3.18. The first-order valence-corrected chi connectivity index (χ1v) is 8.54. The molecule has 20 heavy (non-hydrogen) atoms. The van der Waals surface area contributed by atoms with Gasteiger partial charge in [0.15, 0.2) is 0 Å². The molecule has 1 atom stereocenters. The molecule has 1 aromatic rings. The fourth-order valence-electron chi connectivity index (χ4n) is 1.67. The lowest BCUT2D eigenvalue weighted by Crippen LogP contribution is -2.38. The first kappa shape index (κ1) is 17.9. The molecule has 0 aliphatic heterocycles. The van der Waals surface area contributed by atoms with Gasteiger partial charge in [0.05, 0.1) is 13.2 Å². The average molecular weight is 455 g/mol. The fraction of sp³-hybridized carbons (Fsp3) is 0.533. The molecule has 0 fully saturated rings. The molecule has 0 aromatic heterocycles. The predicted molar refractivity (Wildman–Crippen MR) is 92.5 cm³/mol. The van der Waals surface area contributed by atoms with E-state index in [-0.39, 0.29) is 12.0 Å². The summed E-state index contributed by atoms with van der Waals surface area (Å²) in [7, 11) is 0. The van der Waals surface area contributed by atoms with Crippen LogP contribution < -0.4 is 0 Å². The van der Waals surface area contributed by atoms with Gasteiger partial charge in [-0.2, -0.15) is 0 Å². The van der Waals surface area contributed by atoms with Crippen LogP contribution in [-0.4, -0.2) is 29.6 Å². The van der Waals surface area contributed by atoms with Crippen molar-refractivity contribution in [3.05, 3.63) is 33.4 Å². The Kier molecular flexibility index (Phi) is 6.47. The van der Waals surface area contributed by atoms with Gasteiger partial charge in [0, 0.05) is 8.90 Å². The lowest BCUT2D eigenvalue weighted by atomic mass is 9.83. The summed E-state index contributed by atoms with van der Waals surface area (Å²) in [5.41, 5.74) is -0.262. The molecule has 1 rings (SSSR count). The van der Waals surface area contributed by atoms with Crippen molar-refractivity contribution in [3.8, 4) is 0 Å². The maximum Gasteiger partial charge on any atom is 0.316 e. The monoisotopic (exact) mass is 454 g/mol. The maximum absolute atomic E-state index is 11.7. The summed E-state index contributed by atoms with van der Waals surface area (Å²) in [6.07, 6.45) is 0. The van der Waals surface area contributed by atoms with E-state index in [4.69, 9.17) is 4.74 Å². The van der Waals surface area contributed by atoms with Crippen LogP contribution in [-0.2, 0) is 14.9 Å². The van der Waals surface area contributed by atoms with E-state index in [0.717, 1.165) is 14.5 Å². The van der Waals surface area contributed by atoms with Crippen LogP contribution in [0.2, 0.25) is 0 Å². The van der Waals surface area contributed by atoms with Crippen LogP contribution in [0.25, 0.3) is 0 Å². The van der Waals surface area contributed by atoms with E-state index in [2.05, 4.69) is 52.4 Å². The molecule has 0 aliphatic rings. The summed E-state index contributed by atoms with van der Waals surface area (Å²) < 4.78 is 6.72. The third kappa shape index (κ3) is 4.70. The van der Waals surface area contributed by atoms with Gasteiger partial charge in [-0.1, -0.05) is 41.9 Å². The minimum Gasteiger partial charge on any atom is -0.481 e. The average Bonchev–Trinajstić information content (AvgIpc) is 2.38. The summed E-state index contributed by atoms with van der Waals surface area (Å²) >= 11 is 5.62. The molecular formula is C15H20BrIO3. The molecule has 0 aliphatic carbocycles. The van der Waals surface area contributed by atoms with Gasteiger partial charge in [-0.3, -0.25) is 4.79 Å². The van der Waals surface area contributed by atoms with Crippen LogP contribution in [0, 0.1) is 8.99 Å². The van der Waals surface area contributed by atoms with Gasteiger partial charge < -0.3 is 9.84 Å². The van der Waals surface area contributed by atoms with Crippen molar-refractivity contribution in [1.29, 1.82) is 0 Å². The van der Waals surface area contributed by atoms with Gasteiger partial charge in [-0.25, -0.2) is 0 Å². The number of carboxylic acid groups (broad SMARTS) is 1. The Hall–Kier alpha value is -0.140. The molecule has 0 saturated carbocycles. The first-order valence-electron chi connectivity index (χ1n) is 6.34. The lowest BCUT2D eigenvalue weighted by molar-refractivity contribution is -0.146. The molecule has 0 radical (unpaired) electrons. The third-order valence-corrected chi connectivity index (χ3v) is 5.37. The Balaban J connectivity index is 2.86. The highest BCUT2D eigenvalue weighted by Gasteiger charge is 2.36. The van der Waals surface area contributed by atoms with Crippen LogP contribution in [0.15, 0.2) is 24.3 Å². The molecule has 0 heterocycles. The quantitative estimate of drug-likeness (QED) is 0.499. The molecule has 3 nitrogen and oxygen atoms in total. The van der Waals surface area contributed by atoms with Crippen LogP contribution in [0.5, 0.6) is 0 Å². The fourth-order valence-corrected chi connectivity index (χ4v) is 2.38. The van der Waals surface area contributed by atoms with Gasteiger partial charge in [-0.05, 0) is 52.6 Å². The zero-order valence-corrected chi connectivity index (χ0v) is 15.7. The second-order valence-electron chi connectivity index (χ2n) is 5.94. The zero-order valence-electron chi connectivity index (χ0n) is 12.0. The van der Waals surface area contributed by atoms with Gasteiger partial charge in [-0.15, -0.1) is 0 Å². The molecule has 0 bridgehead atoms. The van der Waals surface area contributed by atoms with E-state index in [9.17, 15) is 9.90 Å². The topological polar surface area (TPSA) is 46.5 Å². The number of benzene rings is 1. The maximum atomic E-state index is 11.7. The number of ether oxygens (including phenoxy) is 1. The summed E-state index contributed by atoms with van der Waals surface area (Å²) in [6.45, 7) is 6.54. The predicted octanol–water partition coefficient (Wildman–Crippen LogP) is 4.07. The highest BCUT2D eigenvalue weighted by molar-refractivity contribution is 14.1. The minimum atomic E-state index is -1.02. The number of hydrogen-bond donors (Lipinski definition) is 1. The van der Waals surface area contributed by atoms with Crippen molar-refractivity contribution in [3.63, 3.8) is 0 Å². The van der Waals surface area contributed by atoms with E-state index in [1.54, 1.807) is 6.92 Å². The Morgan fingerprint density at radius 2 is 2.00 bits per heavy atom. The highest BCUT2D eigenvalue weighted by Crippen LogP contribution is 2.27. The van der Waals surface area contributed by atoms with Crippen LogP contribution in [0.4, 0.5) is 0 Å². The number of rotatable bonds is 7. The molecule has 0 saturated heterocycles. The second-order valence-corrected chi connectivity index (χ2v) is 7.74. The number of alkyl halides is 1. The van der Waals surface area contributed by atoms with Gasteiger partial charge >= 0.3 is 5.97 Å². The second kappa shape index (κ2) is 7.22. The summed E-state index contributed by atoms with van der Waals surface area (Å²) in [6, 6.07) is 7.56. The molecule has 112 valence electrons. The smallest absolute Gasteiger partial charge is 0.316 e. The van der Waals surface area contributed by atoms with Crippen molar-refractivity contribution in [2.45, 2.75) is 26.2 Å². The number of aliphatic carboxylic acids is 1. The Morgan fingerprint density at radius 3 is 2.50 bits per heavy atom. The summed E-state index contributed by atoms with van der Waals surface area (Å²) in [4.78, 5) is 11.7. The molecule has 0 amide bonds. The van der Waals surface area contributed by atoms with Crippen LogP contribution in [0.1, 0.15) is 26.3 Å². The van der Waals surface area contributed by atoms with E-state index in [1.165, 1.54) is 0 Å². The first-order chi connectivity index (χ1) is 9.21. The van der Waals surface area contributed by atoms with Crippen molar-refractivity contribution < 1.29 is 14.6 Å². The van der Waals surface area contributed by atoms with Crippen LogP contribution in [0.3, 0.4) is 0 Å². The summed E-state index contributed by atoms with van der Waals surface area (Å²) in [5.74, 6) is -0.865. The Labute approximate surface area is 142 Å². The van der Waals surface area contributed by atoms with E-state index < -0.39 is 11.4 Å². The normalized spacial score (nSPS) is 14.8. The molecule has 0 spiro atoms. The number of carboxylic acids is 1. The standard InChI is InChI=1S/C15H20BrIO3/c1-14(2,8-16)9-20-10-15(3,13(18)19)11-5-4-6-12(17)7-11/h4-7H,8-10H2,1-3H3,(H,18,19). The Bertz CT molecular complexity index is 476. The number of halogens is 2. The molecule has 1 N–H and O–H groups in total. The molecule has 5 heteroatoms. The zero-order chi connectivity index (χ0) is 15.4. The van der Waals surface area contributed by atoms with Crippen molar-refractivity contribution in [2.24, 2.45) is 5.41 Å². The molecular weight excluding hydrogens is 435 g/mol. The largest absolute Gasteiger partial charge is 0.481 e. The lowest BCUT2D eigenvalue weighted by Gasteiger charge is -2.28. The SMILES string of the molecule is CC(C)(CBr)COCC(C)(C(=O)O)c1cccc(I)c1. The minimum absolute atomic E-state index is 0.00940. The van der Waals surface area contributed by atoms with E-state index in [1.807, 2.05) is 24.3 Å². The summed E-state index contributed by atoms with van der Waals surface area (Å²) in [5, 5.41) is 10.4. The van der Waals surface area contributed by atoms with Crippen molar-refractivity contribution in [2.75, 3.05) is 18.5 Å². The van der Waals surface area contributed by atoms with E-state index in [0.29, 0.717) is 6.61 Å². The van der Waals surface area contributed by atoms with Gasteiger partial charge in [0.1, 0.15) is 5.41 Å². The highest BCUT2D eigenvalue weighted by atomic mass is 127. The Morgan fingerprint density at radius 1 is 1.35 bits per heavy atom. The van der Waals surface area contributed by atoms with Crippen molar-refractivity contribution >= 4 is 44.5 Å². The van der Waals surface area contributed by atoms with Gasteiger partial charge in [0.2, 0.25) is 0 Å².